The van der Waals surface area contributed by atoms with Crippen molar-refractivity contribution in [1.29, 1.82) is 0 Å². The molecule has 0 amide bonds. The van der Waals surface area contributed by atoms with Crippen molar-refractivity contribution in [2.45, 2.75) is 12.5 Å². The first kappa shape index (κ1) is 16.3. The second-order valence-electron chi connectivity index (χ2n) is 3.19. The zero-order valence-corrected chi connectivity index (χ0v) is 11.3. The highest BCUT2D eigenvalue weighted by Gasteiger charge is 2.18. The van der Waals surface area contributed by atoms with Gasteiger partial charge >= 0.3 is 5.97 Å². The quantitative estimate of drug-likeness (QED) is 0.842. The number of esters is 1. The van der Waals surface area contributed by atoms with Crippen LogP contribution in [0.3, 0.4) is 0 Å². The van der Waals surface area contributed by atoms with E-state index in [1.807, 2.05) is 0 Å². The van der Waals surface area contributed by atoms with Gasteiger partial charge in [-0.15, -0.1) is 12.4 Å². The molecule has 0 unspecified atom stereocenters. The summed E-state index contributed by atoms with van der Waals surface area (Å²) >= 11 is 11.4. The highest BCUT2D eigenvalue weighted by atomic mass is 35.5. The number of phenols is 1. The SMILES string of the molecule is COC(=O)C[C@H](N)c1ccc(Cl)c(Cl)c1O.Cl. The summed E-state index contributed by atoms with van der Waals surface area (Å²) in [6.45, 7) is 0. The van der Waals surface area contributed by atoms with Crippen LogP contribution in [-0.4, -0.2) is 18.2 Å². The first-order valence-electron chi connectivity index (χ1n) is 4.46. The molecule has 1 aromatic carbocycles. The topological polar surface area (TPSA) is 72.5 Å². The molecule has 0 aromatic heterocycles. The van der Waals surface area contributed by atoms with Crippen LogP contribution in [0.4, 0.5) is 0 Å². The predicted octanol–water partition coefficient (Wildman–Crippen LogP) is 2.68. The molecule has 96 valence electrons. The maximum atomic E-state index is 11.0. The molecule has 4 nitrogen and oxygen atoms in total. The molecule has 0 aliphatic heterocycles. The summed E-state index contributed by atoms with van der Waals surface area (Å²) in [5.74, 6) is -0.663. The number of carbonyl (C=O) groups is 1. The fraction of sp³-hybridized carbons (Fsp3) is 0.300. The van der Waals surface area contributed by atoms with E-state index in [-0.39, 0.29) is 34.6 Å². The van der Waals surface area contributed by atoms with Crippen molar-refractivity contribution >= 4 is 41.6 Å². The number of nitrogens with two attached hydrogens (primary N) is 1. The number of rotatable bonds is 3. The Bertz CT molecular complexity index is 412. The van der Waals surface area contributed by atoms with Crippen LogP contribution in [0.25, 0.3) is 0 Å². The van der Waals surface area contributed by atoms with E-state index < -0.39 is 12.0 Å². The number of carbonyl (C=O) groups excluding carboxylic acids is 1. The van der Waals surface area contributed by atoms with Gasteiger partial charge in [-0.1, -0.05) is 29.3 Å². The van der Waals surface area contributed by atoms with Crippen molar-refractivity contribution in [3.05, 3.63) is 27.7 Å². The molecule has 0 aliphatic rings. The molecule has 0 spiro atoms. The molecule has 3 N–H and O–H groups in total. The number of phenolic OH excluding ortho intramolecular Hbond substituents is 1. The van der Waals surface area contributed by atoms with E-state index in [4.69, 9.17) is 28.9 Å². The van der Waals surface area contributed by atoms with Gasteiger partial charge in [0.05, 0.1) is 18.6 Å². The molecule has 7 heteroatoms. The van der Waals surface area contributed by atoms with E-state index in [1.165, 1.54) is 19.2 Å². The summed E-state index contributed by atoms with van der Waals surface area (Å²) in [4.78, 5) is 11.0. The van der Waals surface area contributed by atoms with Gasteiger partial charge in [0.1, 0.15) is 10.8 Å². The molecule has 1 aromatic rings. The lowest BCUT2D eigenvalue weighted by Crippen LogP contribution is -2.16. The van der Waals surface area contributed by atoms with Crippen LogP contribution in [0.5, 0.6) is 5.75 Å². The van der Waals surface area contributed by atoms with Crippen molar-refractivity contribution in [3.8, 4) is 5.75 Å². The Balaban J connectivity index is 0.00000256. The van der Waals surface area contributed by atoms with Crippen LogP contribution in [0.1, 0.15) is 18.0 Å². The summed E-state index contributed by atoms with van der Waals surface area (Å²) in [5, 5.41) is 9.94. The van der Waals surface area contributed by atoms with Crippen LogP contribution in [0.2, 0.25) is 10.0 Å². The standard InChI is InChI=1S/C10H11Cl2NO3.ClH/c1-16-8(14)4-7(13)5-2-3-6(11)9(12)10(5)15;/h2-3,7,15H,4,13H2,1H3;1H/t7-;/m0./s1. The predicted molar refractivity (Wildman–Crippen MR) is 68.9 cm³/mol. The normalized spacial score (nSPS) is 11.5. The third-order valence-electron chi connectivity index (χ3n) is 2.11. The fourth-order valence-corrected chi connectivity index (χ4v) is 1.55. The number of aromatic hydroxyl groups is 1. The summed E-state index contributed by atoms with van der Waals surface area (Å²) in [6.07, 6.45) is -0.0397. The molecule has 0 heterocycles. The number of methoxy groups -OCH3 is 1. The van der Waals surface area contributed by atoms with Crippen LogP contribution < -0.4 is 5.73 Å². The van der Waals surface area contributed by atoms with Crippen molar-refractivity contribution in [2.24, 2.45) is 5.73 Å². The van der Waals surface area contributed by atoms with Gasteiger partial charge in [0.15, 0.2) is 0 Å². The van der Waals surface area contributed by atoms with Gasteiger partial charge in [-0.05, 0) is 6.07 Å². The van der Waals surface area contributed by atoms with Crippen LogP contribution in [-0.2, 0) is 9.53 Å². The summed E-state index contributed by atoms with van der Waals surface area (Å²) in [6, 6.07) is 2.36. The summed E-state index contributed by atoms with van der Waals surface area (Å²) in [7, 11) is 1.27. The van der Waals surface area contributed by atoms with Gasteiger partial charge in [0.2, 0.25) is 0 Å². The van der Waals surface area contributed by atoms with E-state index in [9.17, 15) is 9.90 Å². The zero-order chi connectivity index (χ0) is 12.3. The van der Waals surface area contributed by atoms with Crippen LogP contribution in [0.15, 0.2) is 12.1 Å². The summed E-state index contributed by atoms with van der Waals surface area (Å²) < 4.78 is 4.48. The Morgan fingerprint density at radius 3 is 2.65 bits per heavy atom. The fourth-order valence-electron chi connectivity index (χ4n) is 1.23. The third kappa shape index (κ3) is 3.92. The number of benzene rings is 1. The smallest absolute Gasteiger partial charge is 0.307 e. The van der Waals surface area contributed by atoms with Crippen molar-refractivity contribution in [1.82, 2.24) is 0 Å². The average Bonchev–Trinajstić information content (AvgIpc) is 2.25. The average molecular weight is 301 g/mol. The van der Waals surface area contributed by atoms with Gasteiger partial charge in [-0.3, -0.25) is 4.79 Å². The maximum absolute atomic E-state index is 11.0. The minimum absolute atomic E-state index is 0. The van der Waals surface area contributed by atoms with E-state index in [2.05, 4.69) is 4.74 Å². The molecule has 0 radical (unpaired) electrons. The molecule has 0 saturated heterocycles. The lowest BCUT2D eigenvalue weighted by Gasteiger charge is -2.13. The van der Waals surface area contributed by atoms with Crippen molar-refractivity contribution < 1.29 is 14.6 Å². The number of halogens is 3. The van der Waals surface area contributed by atoms with Gasteiger partial charge < -0.3 is 15.6 Å². The second kappa shape index (κ2) is 6.91. The number of ether oxygens (including phenoxy) is 1. The molecular formula is C10H12Cl3NO3. The van der Waals surface area contributed by atoms with Crippen molar-refractivity contribution in [2.75, 3.05) is 7.11 Å². The largest absolute Gasteiger partial charge is 0.506 e. The Morgan fingerprint density at radius 2 is 2.12 bits per heavy atom. The maximum Gasteiger partial charge on any atom is 0.307 e. The van der Waals surface area contributed by atoms with Gasteiger partial charge in [-0.2, -0.15) is 0 Å². The second-order valence-corrected chi connectivity index (χ2v) is 3.97. The van der Waals surface area contributed by atoms with Gasteiger partial charge in [0.25, 0.3) is 0 Å². The Labute approximate surface area is 115 Å². The summed E-state index contributed by atoms with van der Waals surface area (Å²) in [5.41, 5.74) is 6.09. The molecule has 0 bridgehead atoms. The molecule has 0 saturated carbocycles. The van der Waals surface area contributed by atoms with Crippen LogP contribution >= 0.6 is 35.6 Å². The third-order valence-corrected chi connectivity index (χ3v) is 2.91. The van der Waals surface area contributed by atoms with Gasteiger partial charge in [0, 0.05) is 11.6 Å². The van der Waals surface area contributed by atoms with E-state index >= 15 is 0 Å². The molecule has 0 aliphatic carbocycles. The highest BCUT2D eigenvalue weighted by molar-refractivity contribution is 6.43. The van der Waals surface area contributed by atoms with E-state index in [0.717, 1.165) is 0 Å². The molecular weight excluding hydrogens is 288 g/mol. The molecule has 1 rings (SSSR count). The molecule has 17 heavy (non-hydrogen) atoms. The van der Waals surface area contributed by atoms with Crippen LogP contribution in [0, 0.1) is 0 Å². The number of hydrogen-bond donors (Lipinski definition) is 2. The van der Waals surface area contributed by atoms with E-state index in [1.54, 1.807) is 0 Å². The van der Waals surface area contributed by atoms with E-state index in [0.29, 0.717) is 5.56 Å². The minimum atomic E-state index is -0.679. The lowest BCUT2D eigenvalue weighted by molar-refractivity contribution is -0.141. The molecule has 0 fully saturated rings. The first-order chi connectivity index (χ1) is 7.47. The number of hydrogen-bond acceptors (Lipinski definition) is 4. The monoisotopic (exact) mass is 299 g/mol. The van der Waals surface area contributed by atoms with Gasteiger partial charge in [-0.25, -0.2) is 0 Å². The Morgan fingerprint density at radius 1 is 1.53 bits per heavy atom. The molecule has 1 atom stereocenters. The zero-order valence-electron chi connectivity index (χ0n) is 8.94. The Kier molecular flexibility index (Phi) is 6.64. The lowest BCUT2D eigenvalue weighted by atomic mass is 10.0. The first-order valence-corrected chi connectivity index (χ1v) is 5.22. The van der Waals surface area contributed by atoms with Crippen molar-refractivity contribution in [3.63, 3.8) is 0 Å². The highest BCUT2D eigenvalue weighted by Crippen LogP contribution is 2.37. The minimum Gasteiger partial charge on any atom is -0.506 e. The Hall–Kier alpha value is -0.680.